The molecule has 27 heavy (non-hydrogen) atoms. The third-order valence-corrected chi connectivity index (χ3v) is 4.71. The summed E-state index contributed by atoms with van der Waals surface area (Å²) in [5, 5.41) is 9.88. The van der Waals surface area contributed by atoms with Gasteiger partial charge in [-0.2, -0.15) is 4.98 Å². The molecule has 7 heteroatoms. The Hall–Kier alpha value is -3.32. The van der Waals surface area contributed by atoms with Crippen LogP contribution in [0.25, 0.3) is 34.1 Å². The van der Waals surface area contributed by atoms with Gasteiger partial charge >= 0.3 is 0 Å². The highest BCUT2D eigenvalue weighted by Gasteiger charge is 2.11. The summed E-state index contributed by atoms with van der Waals surface area (Å²) in [6.45, 7) is 3.46. The molecule has 2 aromatic carbocycles. The SMILES string of the molecule is CC(=O)Nc1ccc(-c2nc(-c3ccc(-c4csc(C)n4)cc3)no2)cc1. The zero-order valence-corrected chi connectivity index (χ0v) is 15.6. The molecule has 0 aliphatic carbocycles. The van der Waals surface area contributed by atoms with Gasteiger partial charge in [0.1, 0.15) is 0 Å². The Morgan fingerprint density at radius 3 is 2.26 bits per heavy atom. The second kappa shape index (κ2) is 7.13. The van der Waals surface area contributed by atoms with Crippen LogP contribution in [0.15, 0.2) is 58.4 Å². The van der Waals surface area contributed by atoms with Gasteiger partial charge in [-0.1, -0.05) is 29.4 Å². The summed E-state index contributed by atoms with van der Waals surface area (Å²) in [5.41, 5.74) is 4.41. The first-order chi connectivity index (χ1) is 13.1. The topological polar surface area (TPSA) is 80.9 Å². The number of aryl methyl sites for hydroxylation is 1. The number of aromatic nitrogens is 3. The van der Waals surface area contributed by atoms with Crippen LogP contribution in [-0.2, 0) is 4.79 Å². The predicted octanol–water partition coefficient (Wildman–Crippen LogP) is 4.79. The summed E-state index contributed by atoms with van der Waals surface area (Å²) in [4.78, 5) is 20.1. The molecule has 2 heterocycles. The molecule has 2 aromatic heterocycles. The fourth-order valence-corrected chi connectivity index (χ4v) is 3.27. The fraction of sp³-hybridized carbons (Fsp3) is 0.100. The average molecular weight is 376 g/mol. The van der Waals surface area contributed by atoms with Gasteiger partial charge in [0, 0.05) is 34.7 Å². The lowest BCUT2D eigenvalue weighted by Crippen LogP contribution is -2.05. The molecule has 0 atom stereocenters. The number of hydrogen-bond donors (Lipinski definition) is 1. The summed E-state index contributed by atoms with van der Waals surface area (Å²) in [7, 11) is 0. The van der Waals surface area contributed by atoms with Crippen molar-refractivity contribution in [2.75, 3.05) is 5.32 Å². The Labute approximate surface area is 159 Å². The maximum Gasteiger partial charge on any atom is 0.258 e. The van der Waals surface area contributed by atoms with Crippen LogP contribution < -0.4 is 5.32 Å². The summed E-state index contributed by atoms with van der Waals surface area (Å²) in [6, 6.07) is 15.2. The van der Waals surface area contributed by atoms with Crippen molar-refractivity contribution in [3.8, 4) is 34.1 Å². The monoisotopic (exact) mass is 376 g/mol. The average Bonchev–Trinajstić information content (AvgIpc) is 3.31. The lowest BCUT2D eigenvalue weighted by molar-refractivity contribution is -0.114. The minimum atomic E-state index is -0.112. The predicted molar refractivity (Wildman–Crippen MR) is 105 cm³/mol. The third-order valence-electron chi connectivity index (χ3n) is 3.94. The number of anilines is 1. The molecule has 0 saturated carbocycles. The maximum atomic E-state index is 11.1. The number of carbonyl (C=O) groups is 1. The highest BCUT2D eigenvalue weighted by atomic mass is 32.1. The number of benzene rings is 2. The van der Waals surface area contributed by atoms with E-state index in [1.54, 1.807) is 23.5 Å². The van der Waals surface area contributed by atoms with Crippen LogP contribution in [0.2, 0.25) is 0 Å². The number of nitrogens with one attached hydrogen (secondary N) is 1. The largest absolute Gasteiger partial charge is 0.334 e. The van der Waals surface area contributed by atoms with Gasteiger partial charge in [0.25, 0.3) is 5.89 Å². The molecule has 0 radical (unpaired) electrons. The van der Waals surface area contributed by atoms with Gasteiger partial charge < -0.3 is 9.84 Å². The van der Waals surface area contributed by atoms with E-state index in [-0.39, 0.29) is 5.91 Å². The van der Waals surface area contributed by atoms with E-state index in [4.69, 9.17) is 4.52 Å². The van der Waals surface area contributed by atoms with E-state index in [0.717, 1.165) is 33.1 Å². The van der Waals surface area contributed by atoms with Gasteiger partial charge in [-0.25, -0.2) is 4.98 Å². The number of carbonyl (C=O) groups excluding carboxylic acids is 1. The molecule has 0 spiro atoms. The zero-order valence-electron chi connectivity index (χ0n) is 14.8. The van der Waals surface area contributed by atoms with E-state index in [1.807, 2.05) is 48.7 Å². The van der Waals surface area contributed by atoms with Crippen molar-refractivity contribution in [2.45, 2.75) is 13.8 Å². The van der Waals surface area contributed by atoms with Gasteiger partial charge in [-0.15, -0.1) is 11.3 Å². The van der Waals surface area contributed by atoms with Crippen LogP contribution in [0.3, 0.4) is 0 Å². The van der Waals surface area contributed by atoms with Crippen molar-refractivity contribution in [3.05, 3.63) is 58.9 Å². The molecular formula is C20H16N4O2S. The van der Waals surface area contributed by atoms with E-state index in [1.165, 1.54) is 6.92 Å². The molecular weight excluding hydrogens is 360 g/mol. The van der Waals surface area contributed by atoms with Gasteiger partial charge in [-0.3, -0.25) is 4.79 Å². The van der Waals surface area contributed by atoms with Crippen molar-refractivity contribution >= 4 is 22.9 Å². The summed E-state index contributed by atoms with van der Waals surface area (Å²) < 4.78 is 5.39. The summed E-state index contributed by atoms with van der Waals surface area (Å²) >= 11 is 1.63. The molecule has 0 aliphatic rings. The van der Waals surface area contributed by atoms with E-state index < -0.39 is 0 Å². The minimum absolute atomic E-state index is 0.112. The number of amides is 1. The number of hydrogen-bond acceptors (Lipinski definition) is 6. The van der Waals surface area contributed by atoms with Crippen LogP contribution >= 0.6 is 11.3 Å². The Morgan fingerprint density at radius 2 is 1.63 bits per heavy atom. The van der Waals surface area contributed by atoms with Crippen molar-refractivity contribution < 1.29 is 9.32 Å². The highest BCUT2D eigenvalue weighted by molar-refractivity contribution is 7.09. The quantitative estimate of drug-likeness (QED) is 0.554. The van der Waals surface area contributed by atoms with Crippen LogP contribution in [0.1, 0.15) is 11.9 Å². The summed E-state index contributed by atoms with van der Waals surface area (Å²) in [6.07, 6.45) is 0. The molecule has 134 valence electrons. The molecule has 1 N–H and O–H groups in total. The number of thiazole rings is 1. The van der Waals surface area contributed by atoms with E-state index in [0.29, 0.717) is 11.7 Å². The van der Waals surface area contributed by atoms with Crippen LogP contribution in [0.5, 0.6) is 0 Å². The first kappa shape index (κ1) is 17.1. The molecule has 0 saturated heterocycles. The smallest absolute Gasteiger partial charge is 0.258 e. The molecule has 0 fully saturated rings. The fourth-order valence-electron chi connectivity index (χ4n) is 2.64. The van der Waals surface area contributed by atoms with Crippen LogP contribution in [0.4, 0.5) is 5.69 Å². The first-order valence-electron chi connectivity index (χ1n) is 8.33. The Bertz CT molecular complexity index is 1080. The molecule has 6 nitrogen and oxygen atoms in total. The Kier molecular flexibility index (Phi) is 4.52. The lowest BCUT2D eigenvalue weighted by Gasteiger charge is -2.01. The molecule has 0 unspecified atom stereocenters. The van der Waals surface area contributed by atoms with Gasteiger partial charge in [0.15, 0.2) is 0 Å². The summed E-state index contributed by atoms with van der Waals surface area (Å²) in [5.74, 6) is 0.842. The third kappa shape index (κ3) is 3.78. The van der Waals surface area contributed by atoms with Crippen molar-refractivity contribution in [2.24, 2.45) is 0 Å². The molecule has 0 aliphatic heterocycles. The Morgan fingerprint density at radius 1 is 0.963 bits per heavy atom. The van der Waals surface area contributed by atoms with Crippen molar-refractivity contribution in [1.29, 1.82) is 0 Å². The van der Waals surface area contributed by atoms with Gasteiger partial charge in [0.2, 0.25) is 11.7 Å². The van der Waals surface area contributed by atoms with Crippen molar-refractivity contribution in [1.82, 2.24) is 15.1 Å². The number of nitrogens with zero attached hydrogens (tertiary/aromatic N) is 3. The highest BCUT2D eigenvalue weighted by Crippen LogP contribution is 2.26. The standard InChI is InChI=1S/C20H16N4O2S/c1-12(25)21-17-9-7-16(8-10-17)20-23-19(24-26-20)15-5-3-14(4-6-15)18-11-27-13(2)22-18/h3-11H,1-2H3,(H,21,25). The van der Waals surface area contributed by atoms with Crippen molar-refractivity contribution in [3.63, 3.8) is 0 Å². The molecule has 4 aromatic rings. The maximum absolute atomic E-state index is 11.1. The van der Waals surface area contributed by atoms with Crippen LogP contribution in [-0.4, -0.2) is 21.0 Å². The first-order valence-corrected chi connectivity index (χ1v) is 9.21. The minimum Gasteiger partial charge on any atom is -0.334 e. The van der Waals surface area contributed by atoms with Crippen LogP contribution in [0, 0.1) is 6.92 Å². The second-order valence-electron chi connectivity index (χ2n) is 6.01. The normalized spacial score (nSPS) is 10.7. The number of rotatable bonds is 4. The van der Waals surface area contributed by atoms with E-state index in [2.05, 4.69) is 20.4 Å². The molecule has 4 rings (SSSR count). The second-order valence-corrected chi connectivity index (χ2v) is 7.07. The van der Waals surface area contributed by atoms with Gasteiger partial charge in [0.05, 0.1) is 10.7 Å². The molecule has 1 amide bonds. The zero-order chi connectivity index (χ0) is 18.8. The molecule has 0 bridgehead atoms. The van der Waals surface area contributed by atoms with Gasteiger partial charge in [-0.05, 0) is 31.2 Å². The Balaban J connectivity index is 1.54. The van der Waals surface area contributed by atoms with E-state index >= 15 is 0 Å². The lowest BCUT2D eigenvalue weighted by atomic mass is 10.1. The van der Waals surface area contributed by atoms with E-state index in [9.17, 15) is 4.79 Å².